The summed E-state index contributed by atoms with van der Waals surface area (Å²) in [6.45, 7) is 3.09. The molecule has 0 aromatic heterocycles. The molecule has 1 aliphatic heterocycles. The molecule has 0 bridgehead atoms. The Balaban J connectivity index is 0.00000112. The van der Waals surface area contributed by atoms with Crippen LogP contribution in [0.4, 0.5) is 0 Å². The second kappa shape index (κ2) is 4.41. The summed E-state index contributed by atoms with van der Waals surface area (Å²) in [5.41, 5.74) is 5.74. The van der Waals surface area contributed by atoms with E-state index in [1.54, 1.807) is 16.5 Å². The zero-order valence-corrected chi connectivity index (χ0v) is 10.3. The Hall–Kier alpha value is -0.100. The van der Waals surface area contributed by atoms with Crippen LogP contribution in [-0.2, 0) is 10.0 Å². The van der Waals surface area contributed by atoms with Gasteiger partial charge in [0.1, 0.15) is 0 Å². The number of nitrogens with two attached hydrogens (primary N) is 1. The molecule has 2 atom stereocenters. The molecular weight excluding hydrogens is 236 g/mol. The average molecular weight is 253 g/mol. The van der Waals surface area contributed by atoms with Gasteiger partial charge in [0, 0.05) is 19.1 Å². The monoisotopic (exact) mass is 252 g/mol. The van der Waals surface area contributed by atoms with Gasteiger partial charge < -0.3 is 5.73 Å². The summed E-state index contributed by atoms with van der Waals surface area (Å²) in [5.74, 6) is 0.976. The van der Waals surface area contributed by atoms with Crippen molar-refractivity contribution < 1.29 is 8.42 Å². The van der Waals surface area contributed by atoms with Crippen molar-refractivity contribution in [3.05, 3.63) is 12.2 Å². The third-order valence-electron chi connectivity index (χ3n) is 3.16. The molecule has 1 saturated heterocycles. The number of hydrogen-bond acceptors (Lipinski definition) is 3. The summed E-state index contributed by atoms with van der Waals surface area (Å²) < 4.78 is 25.0. The van der Waals surface area contributed by atoms with Crippen molar-refractivity contribution in [2.24, 2.45) is 17.6 Å². The molecule has 2 rings (SSSR count). The van der Waals surface area contributed by atoms with E-state index in [0.717, 1.165) is 0 Å². The zero-order chi connectivity index (χ0) is 10.3. The van der Waals surface area contributed by atoms with Crippen molar-refractivity contribution in [1.29, 1.82) is 0 Å². The van der Waals surface area contributed by atoms with Crippen LogP contribution in [0.5, 0.6) is 0 Å². The normalized spacial score (nSPS) is 35.2. The van der Waals surface area contributed by atoms with Crippen LogP contribution in [0, 0.1) is 11.8 Å². The summed E-state index contributed by atoms with van der Waals surface area (Å²) in [6, 6.07) is 0.253. The number of halogens is 1. The maximum atomic E-state index is 11.7. The minimum absolute atomic E-state index is 0. The third-order valence-corrected chi connectivity index (χ3v) is 4.86. The van der Waals surface area contributed by atoms with Gasteiger partial charge in [-0.25, -0.2) is 12.7 Å². The minimum Gasteiger partial charge on any atom is -0.327 e. The van der Waals surface area contributed by atoms with Crippen molar-refractivity contribution in [3.63, 3.8) is 0 Å². The predicted octanol–water partition coefficient (Wildman–Crippen LogP) is 0.203. The highest BCUT2D eigenvalue weighted by molar-refractivity contribution is 7.89. The number of fused-ring (bicyclic) bond motifs is 1. The molecule has 0 aromatic carbocycles. The highest BCUT2D eigenvalue weighted by atomic mass is 35.5. The van der Waals surface area contributed by atoms with E-state index >= 15 is 0 Å². The fraction of sp³-hybridized carbons (Fsp3) is 0.778. The fourth-order valence-electron chi connectivity index (χ4n) is 2.08. The number of piperidine rings is 1. The van der Waals surface area contributed by atoms with E-state index in [4.69, 9.17) is 5.73 Å². The summed E-state index contributed by atoms with van der Waals surface area (Å²) >= 11 is 0. The first-order valence-electron chi connectivity index (χ1n) is 4.91. The van der Waals surface area contributed by atoms with Crippen LogP contribution in [0.2, 0.25) is 0 Å². The van der Waals surface area contributed by atoms with Crippen LogP contribution in [0.3, 0.4) is 0 Å². The molecule has 15 heavy (non-hydrogen) atoms. The van der Waals surface area contributed by atoms with Gasteiger partial charge >= 0.3 is 0 Å². The molecule has 0 amide bonds. The maximum Gasteiger partial charge on any atom is 0.217 e. The van der Waals surface area contributed by atoms with Gasteiger partial charge in [0.2, 0.25) is 10.0 Å². The van der Waals surface area contributed by atoms with E-state index in [9.17, 15) is 8.42 Å². The Labute approximate surface area is 97.0 Å². The van der Waals surface area contributed by atoms with E-state index in [2.05, 4.69) is 0 Å². The molecule has 0 aromatic rings. The maximum absolute atomic E-state index is 11.7. The molecular formula is C9H17ClN2O2S. The average Bonchev–Trinajstić information content (AvgIpc) is 2.64. The number of rotatable bonds is 3. The summed E-state index contributed by atoms with van der Waals surface area (Å²) in [4.78, 5) is 0. The lowest BCUT2D eigenvalue weighted by atomic mass is 10.4. The molecule has 1 aliphatic carbocycles. The lowest BCUT2D eigenvalue weighted by Gasteiger charge is -2.17. The summed E-state index contributed by atoms with van der Waals surface area (Å²) in [7, 11) is -3.06. The molecule has 2 unspecified atom stereocenters. The van der Waals surface area contributed by atoms with Crippen molar-refractivity contribution >= 4 is 22.4 Å². The first kappa shape index (κ1) is 13.0. The third kappa shape index (κ3) is 2.36. The molecule has 0 radical (unpaired) electrons. The van der Waals surface area contributed by atoms with Crippen molar-refractivity contribution in [2.45, 2.75) is 13.0 Å². The van der Waals surface area contributed by atoms with Gasteiger partial charge in [-0.05, 0) is 18.8 Å². The molecule has 2 aliphatic rings. The minimum atomic E-state index is -3.06. The first-order chi connectivity index (χ1) is 6.56. The fourth-order valence-corrected chi connectivity index (χ4v) is 3.53. The molecule has 6 heteroatoms. The standard InChI is InChI=1S/C9H16N2O2S.ClH/c1-2-3-4-14(12,13)11-5-7-8(6-11)9(7)10;/h2-3,7-9H,4-6,10H2,1H3;1H/b3-2+;. The Morgan fingerprint density at radius 3 is 2.40 bits per heavy atom. The topological polar surface area (TPSA) is 63.4 Å². The smallest absolute Gasteiger partial charge is 0.217 e. The van der Waals surface area contributed by atoms with Gasteiger partial charge in [-0.15, -0.1) is 12.4 Å². The highest BCUT2D eigenvalue weighted by Crippen LogP contribution is 2.44. The van der Waals surface area contributed by atoms with Crippen LogP contribution in [-0.4, -0.2) is 37.6 Å². The number of hydrogen-bond donors (Lipinski definition) is 1. The Morgan fingerprint density at radius 2 is 1.93 bits per heavy atom. The molecule has 1 heterocycles. The SMILES string of the molecule is C/C=C/CS(=O)(=O)N1CC2C(N)C2C1.Cl. The second-order valence-electron chi connectivity index (χ2n) is 4.07. The van der Waals surface area contributed by atoms with Crippen LogP contribution in [0.1, 0.15) is 6.92 Å². The number of nitrogens with zero attached hydrogens (tertiary/aromatic N) is 1. The van der Waals surface area contributed by atoms with Crippen LogP contribution < -0.4 is 5.73 Å². The van der Waals surface area contributed by atoms with E-state index in [0.29, 0.717) is 24.9 Å². The van der Waals surface area contributed by atoms with Crippen LogP contribution in [0.15, 0.2) is 12.2 Å². The Morgan fingerprint density at radius 1 is 1.40 bits per heavy atom. The number of sulfonamides is 1. The summed E-state index contributed by atoms with van der Waals surface area (Å²) in [5, 5.41) is 0. The predicted molar refractivity (Wildman–Crippen MR) is 62.4 cm³/mol. The van der Waals surface area contributed by atoms with Crippen molar-refractivity contribution in [1.82, 2.24) is 4.31 Å². The molecule has 88 valence electrons. The van der Waals surface area contributed by atoms with E-state index in [-0.39, 0.29) is 24.2 Å². The van der Waals surface area contributed by atoms with Crippen molar-refractivity contribution in [2.75, 3.05) is 18.8 Å². The van der Waals surface area contributed by atoms with E-state index < -0.39 is 10.0 Å². The van der Waals surface area contributed by atoms with Crippen LogP contribution >= 0.6 is 12.4 Å². The first-order valence-corrected chi connectivity index (χ1v) is 6.51. The van der Waals surface area contributed by atoms with Crippen LogP contribution in [0.25, 0.3) is 0 Å². The quantitative estimate of drug-likeness (QED) is 0.730. The largest absolute Gasteiger partial charge is 0.327 e. The lowest BCUT2D eigenvalue weighted by molar-refractivity contribution is 0.434. The zero-order valence-electron chi connectivity index (χ0n) is 8.67. The van der Waals surface area contributed by atoms with E-state index in [1.165, 1.54) is 0 Å². The molecule has 0 spiro atoms. The number of allylic oxidation sites excluding steroid dienone is 1. The van der Waals surface area contributed by atoms with Gasteiger partial charge in [-0.1, -0.05) is 12.2 Å². The molecule has 4 nitrogen and oxygen atoms in total. The summed E-state index contributed by atoms with van der Waals surface area (Å²) in [6.07, 6.45) is 3.44. The molecule has 2 N–H and O–H groups in total. The van der Waals surface area contributed by atoms with Crippen molar-refractivity contribution in [3.8, 4) is 0 Å². The van der Waals surface area contributed by atoms with Gasteiger partial charge in [0.25, 0.3) is 0 Å². The molecule has 1 saturated carbocycles. The van der Waals surface area contributed by atoms with Gasteiger partial charge in [0.15, 0.2) is 0 Å². The highest BCUT2D eigenvalue weighted by Gasteiger charge is 2.55. The van der Waals surface area contributed by atoms with Gasteiger partial charge in [0.05, 0.1) is 5.75 Å². The van der Waals surface area contributed by atoms with Gasteiger partial charge in [-0.2, -0.15) is 0 Å². The molecule has 2 fully saturated rings. The second-order valence-corrected chi connectivity index (χ2v) is 6.08. The van der Waals surface area contributed by atoms with E-state index in [1.807, 2.05) is 6.92 Å². The Kier molecular flexibility index (Phi) is 3.81. The lowest BCUT2D eigenvalue weighted by Crippen LogP contribution is -2.35. The van der Waals surface area contributed by atoms with Gasteiger partial charge in [-0.3, -0.25) is 0 Å². The Bertz CT molecular complexity index is 343.